The first-order valence-corrected chi connectivity index (χ1v) is 9.89. The van der Waals surface area contributed by atoms with Crippen molar-refractivity contribution < 1.29 is 14.3 Å². The molecule has 4 heteroatoms. The summed E-state index contributed by atoms with van der Waals surface area (Å²) in [6.07, 6.45) is 3.70. The van der Waals surface area contributed by atoms with Gasteiger partial charge >= 0.3 is 0 Å². The largest absolute Gasteiger partial charge is 0.388 e. The predicted octanol–water partition coefficient (Wildman–Crippen LogP) is 4.22. The maximum Gasteiger partial charge on any atom is 0.233 e. The van der Waals surface area contributed by atoms with Gasteiger partial charge in [-0.15, -0.1) is 0 Å². The monoisotopic (exact) mass is 367 g/mol. The summed E-state index contributed by atoms with van der Waals surface area (Å²) in [5, 5.41) is 10.7. The highest BCUT2D eigenvalue weighted by Gasteiger charge is 2.48. The lowest BCUT2D eigenvalue weighted by Crippen LogP contribution is -2.53. The van der Waals surface area contributed by atoms with E-state index in [0.717, 1.165) is 43.2 Å². The van der Waals surface area contributed by atoms with Gasteiger partial charge < -0.3 is 10.0 Å². The van der Waals surface area contributed by atoms with Crippen LogP contribution in [0.15, 0.2) is 54.6 Å². The number of piperidine rings is 1. The van der Waals surface area contributed by atoms with Crippen LogP contribution in [-0.4, -0.2) is 29.0 Å². The minimum Gasteiger partial charge on any atom is -0.388 e. The first-order valence-electron chi connectivity index (χ1n) is 9.89. The van der Waals surface area contributed by atoms with E-state index in [-0.39, 0.29) is 17.6 Å². The van der Waals surface area contributed by atoms with Crippen molar-refractivity contribution in [2.45, 2.75) is 43.6 Å². The number of carbonyl (C=O) groups is 1. The van der Waals surface area contributed by atoms with Crippen molar-refractivity contribution >= 4 is 5.91 Å². The van der Waals surface area contributed by atoms with Crippen LogP contribution in [0.1, 0.15) is 49.3 Å². The molecule has 0 unspecified atom stereocenters. The van der Waals surface area contributed by atoms with E-state index in [1.807, 2.05) is 41.3 Å². The molecule has 2 aromatic carbocycles. The number of halogens is 1. The summed E-state index contributed by atoms with van der Waals surface area (Å²) in [5.74, 6) is 0.0197. The Morgan fingerprint density at radius 1 is 1.07 bits per heavy atom. The van der Waals surface area contributed by atoms with E-state index in [1.54, 1.807) is 6.07 Å². The lowest BCUT2D eigenvalue weighted by Gasteiger charge is -2.46. The van der Waals surface area contributed by atoms with E-state index in [4.69, 9.17) is 0 Å². The van der Waals surface area contributed by atoms with Crippen LogP contribution in [-0.2, 0) is 10.2 Å². The van der Waals surface area contributed by atoms with Gasteiger partial charge in [0, 0.05) is 13.1 Å². The molecule has 1 aliphatic carbocycles. The van der Waals surface area contributed by atoms with E-state index in [0.29, 0.717) is 13.1 Å². The number of hydrogen-bond donors (Lipinski definition) is 1. The van der Waals surface area contributed by atoms with Gasteiger partial charge in [-0.05, 0) is 54.9 Å². The maximum atomic E-state index is 13.7. The van der Waals surface area contributed by atoms with Crippen molar-refractivity contribution in [3.05, 3.63) is 71.5 Å². The first kappa shape index (κ1) is 18.2. The van der Waals surface area contributed by atoms with Crippen LogP contribution in [0.5, 0.6) is 0 Å². The van der Waals surface area contributed by atoms with Crippen LogP contribution >= 0.6 is 0 Å². The summed E-state index contributed by atoms with van der Waals surface area (Å²) in [6.45, 7) is 1.31. The van der Waals surface area contributed by atoms with Crippen molar-refractivity contribution in [3.63, 3.8) is 0 Å². The first-order chi connectivity index (χ1) is 13.1. The number of nitrogens with zero attached hydrogens (tertiary/aromatic N) is 1. The molecule has 2 aromatic rings. The standard InChI is InChI=1S/C23H26FNO2/c24-20-9-4-8-19(16-20)23(12-5-13-23)22(27)25-14-10-18(11-15-25)21(26)17-6-2-1-3-7-17/h1-4,6-9,16,18,21,26H,5,10-15H2/t21-/m1/s1. The molecule has 1 N–H and O–H groups in total. The zero-order valence-corrected chi connectivity index (χ0v) is 15.5. The third-order valence-corrected chi connectivity index (χ3v) is 6.41. The summed E-state index contributed by atoms with van der Waals surface area (Å²) >= 11 is 0. The Balaban J connectivity index is 1.44. The fourth-order valence-corrected chi connectivity index (χ4v) is 4.59. The van der Waals surface area contributed by atoms with E-state index < -0.39 is 11.5 Å². The Labute approximate surface area is 159 Å². The van der Waals surface area contributed by atoms with E-state index >= 15 is 0 Å². The van der Waals surface area contributed by atoms with Gasteiger partial charge in [0.05, 0.1) is 11.5 Å². The Kier molecular flexibility index (Phi) is 5.00. The molecular formula is C23H26FNO2. The summed E-state index contributed by atoms with van der Waals surface area (Å²) in [5.41, 5.74) is 1.20. The topological polar surface area (TPSA) is 40.5 Å². The number of likely N-dealkylation sites (tertiary alicyclic amines) is 1. The third-order valence-electron chi connectivity index (χ3n) is 6.41. The average molecular weight is 367 g/mol. The van der Waals surface area contributed by atoms with Crippen LogP contribution in [0.3, 0.4) is 0 Å². The fourth-order valence-electron chi connectivity index (χ4n) is 4.59. The minimum atomic E-state index is -0.549. The molecule has 27 heavy (non-hydrogen) atoms. The van der Waals surface area contributed by atoms with Crippen LogP contribution in [0, 0.1) is 11.7 Å². The van der Waals surface area contributed by atoms with Crippen molar-refractivity contribution in [2.75, 3.05) is 13.1 Å². The van der Waals surface area contributed by atoms with Crippen molar-refractivity contribution in [1.82, 2.24) is 4.90 Å². The van der Waals surface area contributed by atoms with Gasteiger partial charge in [-0.25, -0.2) is 4.39 Å². The number of carbonyl (C=O) groups excluding carboxylic acids is 1. The van der Waals surface area contributed by atoms with Gasteiger partial charge in [0.15, 0.2) is 0 Å². The second-order valence-electron chi connectivity index (χ2n) is 7.93. The maximum absolute atomic E-state index is 13.7. The Morgan fingerprint density at radius 2 is 1.78 bits per heavy atom. The SMILES string of the molecule is O=C(N1CCC([C@H](O)c2ccccc2)CC1)C1(c2cccc(F)c2)CCC1. The molecule has 1 aliphatic heterocycles. The van der Waals surface area contributed by atoms with Crippen molar-refractivity contribution in [1.29, 1.82) is 0 Å². The molecule has 1 heterocycles. The zero-order valence-electron chi connectivity index (χ0n) is 15.5. The highest BCUT2D eigenvalue weighted by atomic mass is 19.1. The molecule has 3 nitrogen and oxygen atoms in total. The second-order valence-corrected chi connectivity index (χ2v) is 7.93. The van der Waals surface area contributed by atoms with E-state index in [2.05, 4.69) is 0 Å². The number of hydrogen-bond acceptors (Lipinski definition) is 2. The lowest BCUT2D eigenvalue weighted by molar-refractivity contribution is -0.143. The summed E-state index contributed by atoms with van der Waals surface area (Å²) in [6, 6.07) is 16.3. The summed E-state index contributed by atoms with van der Waals surface area (Å²) in [4.78, 5) is 15.2. The normalized spacial score (nSPS) is 20.7. The molecule has 2 aliphatic rings. The third kappa shape index (κ3) is 3.39. The predicted molar refractivity (Wildman–Crippen MR) is 103 cm³/mol. The van der Waals surface area contributed by atoms with Crippen molar-refractivity contribution in [3.8, 4) is 0 Å². The minimum absolute atomic E-state index is 0.131. The number of aliphatic hydroxyl groups excluding tert-OH is 1. The smallest absolute Gasteiger partial charge is 0.233 e. The molecule has 0 spiro atoms. The zero-order chi connectivity index (χ0) is 18.9. The molecule has 1 saturated heterocycles. The lowest BCUT2D eigenvalue weighted by atomic mass is 9.63. The molecule has 2 fully saturated rings. The van der Waals surface area contributed by atoms with Gasteiger partial charge in [0.25, 0.3) is 0 Å². The Morgan fingerprint density at radius 3 is 2.37 bits per heavy atom. The van der Waals surface area contributed by atoms with Gasteiger partial charge in [-0.2, -0.15) is 0 Å². The molecule has 1 amide bonds. The Hall–Kier alpha value is -2.20. The Bertz CT molecular complexity index is 795. The average Bonchev–Trinajstić information content (AvgIpc) is 2.67. The molecule has 142 valence electrons. The number of rotatable bonds is 4. The molecule has 0 bridgehead atoms. The molecular weight excluding hydrogens is 341 g/mol. The number of amides is 1. The molecule has 4 rings (SSSR count). The fraction of sp³-hybridized carbons (Fsp3) is 0.435. The second kappa shape index (κ2) is 7.43. The van der Waals surface area contributed by atoms with Crippen molar-refractivity contribution in [2.24, 2.45) is 5.92 Å². The van der Waals surface area contributed by atoms with Gasteiger partial charge in [-0.1, -0.05) is 48.9 Å². The van der Waals surface area contributed by atoms with Crippen LogP contribution < -0.4 is 0 Å². The van der Waals surface area contributed by atoms with E-state index in [1.165, 1.54) is 12.1 Å². The molecule has 1 atom stereocenters. The number of benzene rings is 2. The van der Waals surface area contributed by atoms with Crippen LogP contribution in [0.4, 0.5) is 4.39 Å². The van der Waals surface area contributed by atoms with Gasteiger partial charge in [-0.3, -0.25) is 4.79 Å². The highest BCUT2D eigenvalue weighted by molar-refractivity contribution is 5.89. The van der Waals surface area contributed by atoms with Gasteiger partial charge in [0.2, 0.25) is 5.91 Å². The molecule has 0 aromatic heterocycles. The van der Waals surface area contributed by atoms with Crippen LogP contribution in [0.2, 0.25) is 0 Å². The summed E-state index contributed by atoms with van der Waals surface area (Å²) in [7, 11) is 0. The summed E-state index contributed by atoms with van der Waals surface area (Å²) < 4.78 is 13.7. The number of aliphatic hydroxyl groups is 1. The molecule has 1 saturated carbocycles. The highest BCUT2D eigenvalue weighted by Crippen LogP contribution is 2.46. The van der Waals surface area contributed by atoms with E-state index in [9.17, 15) is 14.3 Å². The molecule has 0 radical (unpaired) electrons. The quantitative estimate of drug-likeness (QED) is 0.879. The van der Waals surface area contributed by atoms with Crippen LogP contribution in [0.25, 0.3) is 0 Å². The van der Waals surface area contributed by atoms with Gasteiger partial charge in [0.1, 0.15) is 5.82 Å².